The van der Waals surface area contributed by atoms with Crippen molar-refractivity contribution in [2.24, 2.45) is 34.5 Å². The maximum atomic E-state index is 12.2. The second-order valence-corrected chi connectivity index (χ2v) is 9.62. The molecule has 2 N–H and O–H groups in total. The highest BCUT2D eigenvalue weighted by Crippen LogP contribution is 2.68. The van der Waals surface area contributed by atoms with Crippen molar-refractivity contribution >= 4 is 5.78 Å². The first kappa shape index (κ1) is 16.8. The van der Waals surface area contributed by atoms with Crippen molar-refractivity contribution in [3.8, 4) is 0 Å². The van der Waals surface area contributed by atoms with Crippen LogP contribution >= 0.6 is 0 Å². The lowest BCUT2D eigenvalue weighted by Gasteiger charge is -2.59. The van der Waals surface area contributed by atoms with E-state index in [0.29, 0.717) is 11.8 Å². The average molecular weight is 332 g/mol. The van der Waals surface area contributed by atoms with Gasteiger partial charge in [-0.15, -0.1) is 0 Å². The van der Waals surface area contributed by atoms with Gasteiger partial charge < -0.3 is 10.2 Å². The van der Waals surface area contributed by atoms with Gasteiger partial charge >= 0.3 is 0 Å². The van der Waals surface area contributed by atoms with Gasteiger partial charge in [-0.3, -0.25) is 4.79 Å². The van der Waals surface area contributed by atoms with Gasteiger partial charge in [-0.2, -0.15) is 0 Å². The molecule has 3 fully saturated rings. The highest BCUT2D eigenvalue weighted by atomic mass is 16.5. The zero-order chi connectivity index (χ0) is 17.3. The predicted molar refractivity (Wildman–Crippen MR) is 93.0 cm³/mol. The third-order valence-electron chi connectivity index (χ3n) is 8.53. The molecule has 3 heteroatoms. The lowest BCUT2D eigenvalue weighted by molar-refractivity contribution is -0.231. The molecule has 4 aliphatic carbocycles. The monoisotopic (exact) mass is 332 g/mol. The number of carbonyl (C=O) groups excluding carboxylic acids is 1. The van der Waals surface area contributed by atoms with Gasteiger partial charge in [-0.1, -0.05) is 25.5 Å². The molecule has 0 aliphatic heterocycles. The van der Waals surface area contributed by atoms with Crippen LogP contribution in [0.2, 0.25) is 0 Å². The van der Waals surface area contributed by atoms with Crippen LogP contribution in [0, 0.1) is 34.5 Å². The number of aliphatic hydroxyl groups is 2. The van der Waals surface area contributed by atoms with Crippen LogP contribution in [0.5, 0.6) is 0 Å². The summed E-state index contributed by atoms with van der Waals surface area (Å²) in [6.45, 7) is 6.21. The van der Waals surface area contributed by atoms with E-state index in [1.54, 1.807) is 12.5 Å². The molecule has 3 nitrogen and oxygen atoms in total. The molecule has 0 aromatic rings. The summed E-state index contributed by atoms with van der Waals surface area (Å²) in [4.78, 5) is 12.2. The number of hydrogen-bond acceptors (Lipinski definition) is 3. The molecule has 1 unspecified atom stereocenters. The van der Waals surface area contributed by atoms with E-state index in [1.807, 2.05) is 0 Å². The summed E-state index contributed by atoms with van der Waals surface area (Å²) in [5, 5.41) is 21.8. The molecule has 4 rings (SSSR count). The fraction of sp³-hybridized carbons (Fsp3) is 0.857. The van der Waals surface area contributed by atoms with E-state index in [9.17, 15) is 15.0 Å². The smallest absolute Gasteiger partial charge is 0.166 e. The van der Waals surface area contributed by atoms with Crippen molar-refractivity contribution in [2.75, 3.05) is 0 Å². The molecule has 0 radical (unpaired) electrons. The first-order chi connectivity index (χ1) is 11.2. The number of allylic oxidation sites excluding steroid dienone is 2. The quantitative estimate of drug-likeness (QED) is 0.567. The molecule has 3 saturated carbocycles. The van der Waals surface area contributed by atoms with E-state index >= 15 is 0 Å². The van der Waals surface area contributed by atoms with E-state index in [-0.39, 0.29) is 34.9 Å². The Labute approximate surface area is 145 Å². The van der Waals surface area contributed by atoms with Crippen molar-refractivity contribution in [2.45, 2.75) is 77.9 Å². The third-order valence-corrected chi connectivity index (χ3v) is 8.53. The van der Waals surface area contributed by atoms with Crippen molar-refractivity contribution < 1.29 is 15.0 Å². The first-order valence-electron chi connectivity index (χ1n) is 9.85. The lowest BCUT2D eigenvalue weighted by Crippen LogP contribution is -2.55. The normalized spacial score (nSPS) is 49.6. The zero-order valence-electron chi connectivity index (χ0n) is 15.3. The molecule has 6 atom stereocenters. The van der Waals surface area contributed by atoms with Crippen molar-refractivity contribution in [3.63, 3.8) is 0 Å². The Morgan fingerprint density at radius 3 is 2.67 bits per heavy atom. The van der Waals surface area contributed by atoms with Gasteiger partial charge in [0.15, 0.2) is 5.79 Å². The van der Waals surface area contributed by atoms with Gasteiger partial charge in [0, 0.05) is 18.3 Å². The Morgan fingerprint density at radius 1 is 1.21 bits per heavy atom. The summed E-state index contributed by atoms with van der Waals surface area (Å²) in [7, 11) is 0. The molecule has 0 saturated heterocycles. The topological polar surface area (TPSA) is 57.5 Å². The maximum Gasteiger partial charge on any atom is 0.166 e. The van der Waals surface area contributed by atoms with Crippen LogP contribution in [0.15, 0.2) is 11.6 Å². The van der Waals surface area contributed by atoms with Crippen LogP contribution < -0.4 is 0 Å². The zero-order valence-corrected chi connectivity index (χ0v) is 15.3. The standard InChI is InChI=1S/C21H32O3/c1-13(22)17-12-21(23,24)18-15-8-7-14-6-4-5-10-19(14,2)16(15)9-11-20(17,18)3/h6,15-18,23-24H,4-5,7-12H2,1-3H3/t15-,16+,17?,18+,19+,20-/m1/s1. The summed E-state index contributed by atoms with van der Waals surface area (Å²) in [5.74, 6) is -1.02. The van der Waals surface area contributed by atoms with Crippen LogP contribution in [-0.4, -0.2) is 21.8 Å². The summed E-state index contributed by atoms with van der Waals surface area (Å²) >= 11 is 0. The maximum absolute atomic E-state index is 12.2. The van der Waals surface area contributed by atoms with Crippen molar-refractivity contribution in [1.29, 1.82) is 0 Å². The molecular formula is C21H32O3. The van der Waals surface area contributed by atoms with E-state index in [1.165, 1.54) is 19.3 Å². The Kier molecular flexibility index (Phi) is 3.61. The highest BCUT2D eigenvalue weighted by Gasteiger charge is 2.67. The van der Waals surface area contributed by atoms with Crippen LogP contribution in [0.1, 0.15) is 72.1 Å². The second kappa shape index (κ2) is 5.17. The minimum atomic E-state index is -1.68. The molecule has 134 valence electrons. The van der Waals surface area contributed by atoms with Crippen LogP contribution in [-0.2, 0) is 4.79 Å². The van der Waals surface area contributed by atoms with Crippen LogP contribution in [0.3, 0.4) is 0 Å². The minimum Gasteiger partial charge on any atom is -0.365 e. The Morgan fingerprint density at radius 2 is 1.96 bits per heavy atom. The fourth-order valence-corrected chi connectivity index (χ4v) is 7.52. The molecule has 0 amide bonds. The number of Topliss-reactive ketones (excluding diaryl/α,β-unsaturated/α-hetero) is 1. The minimum absolute atomic E-state index is 0.131. The second-order valence-electron chi connectivity index (χ2n) is 9.62. The molecule has 0 spiro atoms. The van der Waals surface area contributed by atoms with E-state index in [4.69, 9.17) is 0 Å². The Balaban J connectivity index is 1.75. The molecular weight excluding hydrogens is 300 g/mol. The largest absolute Gasteiger partial charge is 0.365 e. The molecule has 24 heavy (non-hydrogen) atoms. The Bertz CT molecular complexity index is 592. The first-order valence-corrected chi connectivity index (χ1v) is 9.85. The van der Waals surface area contributed by atoms with Gasteiger partial charge in [0.2, 0.25) is 0 Å². The van der Waals surface area contributed by atoms with E-state index in [0.717, 1.165) is 25.7 Å². The number of rotatable bonds is 1. The number of carbonyl (C=O) groups is 1. The van der Waals surface area contributed by atoms with Gasteiger partial charge in [0.25, 0.3) is 0 Å². The molecule has 0 aromatic carbocycles. The number of ketones is 1. The highest BCUT2D eigenvalue weighted by molar-refractivity contribution is 5.80. The van der Waals surface area contributed by atoms with Crippen LogP contribution in [0.25, 0.3) is 0 Å². The predicted octanol–water partition coefficient (Wildman–Crippen LogP) is 3.84. The van der Waals surface area contributed by atoms with Gasteiger partial charge in [-0.05, 0) is 74.5 Å². The summed E-state index contributed by atoms with van der Waals surface area (Å²) in [6.07, 6.45) is 10.6. The summed E-state index contributed by atoms with van der Waals surface area (Å²) < 4.78 is 0. The average Bonchev–Trinajstić information content (AvgIpc) is 2.73. The molecule has 4 aliphatic rings. The molecule has 0 aromatic heterocycles. The molecule has 0 bridgehead atoms. The summed E-state index contributed by atoms with van der Waals surface area (Å²) in [5.41, 5.74) is 1.62. The van der Waals surface area contributed by atoms with E-state index < -0.39 is 5.79 Å². The lowest BCUT2D eigenvalue weighted by atomic mass is 9.46. The van der Waals surface area contributed by atoms with E-state index in [2.05, 4.69) is 19.9 Å². The van der Waals surface area contributed by atoms with Gasteiger partial charge in [-0.25, -0.2) is 0 Å². The third kappa shape index (κ3) is 2.07. The van der Waals surface area contributed by atoms with Crippen LogP contribution in [0.4, 0.5) is 0 Å². The number of fused-ring (bicyclic) bond motifs is 5. The molecule has 0 heterocycles. The van der Waals surface area contributed by atoms with Crippen molar-refractivity contribution in [3.05, 3.63) is 11.6 Å². The van der Waals surface area contributed by atoms with Gasteiger partial charge in [0.05, 0.1) is 0 Å². The Hall–Kier alpha value is -0.670. The summed E-state index contributed by atoms with van der Waals surface area (Å²) in [6, 6.07) is 0. The SMILES string of the molecule is CC(=O)C1CC(O)(O)[C@H]2[C@@H]3CCC4=CCCC[C@]4(C)[C@H]3CC[C@]12C. The number of hydrogen-bond donors (Lipinski definition) is 2. The van der Waals surface area contributed by atoms with Gasteiger partial charge in [0.1, 0.15) is 5.78 Å². The fourth-order valence-electron chi connectivity index (χ4n) is 7.52. The van der Waals surface area contributed by atoms with Crippen molar-refractivity contribution in [1.82, 2.24) is 0 Å².